The molecule has 0 N–H and O–H groups in total. The molecule has 2 aromatic rings. The van der Waals surface area contributed by atoms with Gasteiger partial charge in [-0.15, -0.1) is 0 Å². The van der Waals surface area contributed by atoms with E-state index in [-0.39, 0.29) is 36.0 Å². The van der Waals surface area contributed by atoms with Crippen LogP contribution < -0.4 is 0 Å². The molecule has 28 heavy (non-hydrogen) atoms. The maximum Gasteiger partial charge on any atom is 0.246 e. The third-order valence-electron chi connectivity index (χ3n) is 5.84. The summed E-state index contributed by atoms with van der Waals surface area (Å²) < 4.78 is 0. The molecule has 0 saturated carbocycles. The van der Waals surface area contributed by atoms with Gasteiger partial charge in [-0.3, -0.25) is 9.59 Å². The van der Waals surface area contributed by atoms with Crippen molar-refractivity contribution in [1.82, 2.24) is 9.80 Å². The number of hydrogen-bond acceptors (Lipinski definition) is 2. The monoisotopic (exact) mass is 396 g/mol. The zero-order valence-electron chi connectivity index (χ0n) is 16.4. The summed E-state index contributed by atoms with van der Waals surface area (Å²) in [5.41, 5.74) is 3.21. The second kappa shape index (κ2) is 7.25. The van der Waals surface area contributed by atoms with Crippen LogP contribution in [0.1, 0.15) is 55.5 Å². The molecule has 4 rings (SSSR count). The molecule has 2 aliphatic heterocycles. The average molecular weight is 397 g/mol. The van der Waals surface area contributed by atoms with Crippen LogP contribution in [-0.4, -0.2) is 33.7 Å². The standard InChI is InChI=1S/C23H25ClN2O2/c1-14(2)25-21(16-7-9-18(24)10-8-16)22(17-6-4-5-15(3)13-17)26-19(23(25)28)11-12-20(26)27/h4-10,13-14,19,21-22H,11-12H2,1-3H3. The Kier molecular flexibility index (Phi) is 4.92. The number of hydrogen-bond donors (Lipinski definition) is 0. The Hall–Kier alpha value is -2.33. The van der Waals surface area contributed by atoms with Crippen molar-refractivity contribution in [3.05, 3.63) is 70.2 Å². The minimum Gasteiger partial charge on any atom is -0.329 e. The molecule has 0 aliphatic carbocycles. The van der Waals surface area contributed by atoms with Gasteiger partial charge in [-0.25, -0.2) is 0 Å². The third-order valence-corrected chi connectivity index (χ3v) is 6.10. The summed E-state index contributed by atoms with van der Waals surface area (Å²) >= 11 is 6.12. The summed E-state index contributed by atoms with van der Waals surface area (Å²) in [4.78, 5) is 30.1. The topological polar surface area (TPSA) is 40.6 Å². The first-order chi connectivity index (χ1) is 13.4. The van der Waals surface area contributed by atoms with E-state index in [1.807, 2.05) is 54.0 Å². The number of aryl methyl sites for hydroxylation is 1. The van der Waals surface area contributed by atoms with Crippen molar-refractivity contribution in [2.24, 2.45) is 0 Å². The van der Waals surface area contributed by atoms with E-state index in [0.717, 1.165) is 16.7 Å². The Morgan fingerprint density at radius 1 is 1.00 bits per heavy atom. The van der Waals surface area contributed by atoms with Gasteiger partial charge in [-0.2, -0.15) is 0 Å². The van der Waals surface area contributed by atoms with E-state index < -0.39 is 0 Å². The van der Waals surface area contributed by atoms with E-state index in [1.165, 1.54) is 0 Å². The number of rotatable bonds is 3. The third kappa shape index (κ3) is 3.10. The number of fused-ring (bicyclic) bond motifs is 1. The highest BCUT2D eigenvalue weighted by atomic mass is 35.5. The summed E-state index contributed by atoms with van der Waals surface area (Å²) in [5.74, 6) is 0.108. The van der Waals surface area contributed by atoms with Crippen LogP contribution >= 0.6 is 11.6 Å². The van der Waals surface area contributed by atoms with E-state index in [2.05, 4.69) is 25.1 Å². The molecular weight excluding hydrogens is 372 g/mol. The first-order valence-corrected chi connectivity index (χ1v) is 10.2. The smallest absolute Gasteiger partial charge is 0.246 e. The molecular formula is C23H25ClN2O2. The predicted molar refractivity (Wildman–Crippen MR) is 110 cm³/mol. The van der Waals surface area contributed by atoms with Crippen molar-refractivity contribution in [3.8, 4) is 0 Å². The normalized spacial score (nSPS) is 24.8. The van der Waals surface area contributed by atoms with E-state index in [9.17, 15) is 9.59 Å². The number of nitrogens with zero attached hydrogens (tertiary/aromatic N) is 2. The molecule has 4 nitrogen and oxygen atoms in total. The maximum atomic E-state index is 13.4. The highest BCUT2D eigenvalue weighted by molar-refractivity contribution is 6.30. The zero-order chi connectivity index (χ0) is 20.0. The van der Waals surface area contributed by atoms with Gasteiger partial charge in [0, 0.05) is 17.5 Å². The van der Waals surface area contributed by atoms with Crippen molar-refractivity contribution in [1.29, 1.82) is 0 Å². The van der Waals surface area contributed by atoms with Crippen LogP contribution in [0.2, 0.25) is 5.02 Å². The summed E-state index contributed by atoms with van der Waals surface area (Å²) in [6, 6.07) is 15.1. The molecule has 0 aromatic heterocycles. The predicted octanol–water partition coefficient (Wildman–Crippen LogP) is 4.67. The van der Waals surface area contributed by atoms with Gasteiger partial charge in [0.25, 0.3) is 0 Å². The van der Waals surface area contributed by atoms with Crippen molar-refractivity contribution in [2.45, 2.75) is 57.8 Å². The number of carbonyl (C=O) groups is 2. The van der Waals surface area contributed by atoms with Crippen LogP contribution in [0.3, 0.4) is 0 Å². The number of halogens is 1. The first kappa shape index (κ1) is 19.0. The second-order valence-electron chi connectivity index (χ2n) is 8.05. The molecule has 2 heterocycles. The minimum atomic E-state index is -0.371. The molecule has 2 aromatic carbocycles. The van der Waals surface area contributed by atoms with Crippen LogP contribution in [0, 0.1) is 6.92 Å². The Bertz CT molecular complexity index is 909. The van der Waals surface area contributed by atoms with Gasteiger partial charge in [0.05, 0.1) is 12.1 Å². The SMILES string of the molecule is Cc1cccc(C2C(c3ccc(Cl)cc3)N(C(C)C)C(=O)C3CCC(=O)N32)c1. The number of carbonyl (C=O) groups excluding carboxylic acids is 2. The van der Waals surface area contributed by atoms with E-state index in [4.69, 9.17) is 11.6 Å². The number of piperazine rings is 1. The van der Waals surface area contributed by atoms with E-state index >= 15 is 0 Å². The molecule has 2 aliphatic rings. The van der Waals surface area contributed by atoms with Crippen molar-refractivity contribution >= 4 is 23.4 Å². The largest absolute Gasteiger partial charge is 0.329 e. The molecule has 2 fully saturated rings. The molecule has 3 atom stereocenters. The summed E-state index contributed by atoms with van der Waals surface area (Å²) in [6.07, 6.45) is 1.02. The lowest BCUT2D eigenvalue weighted by atomic mass is 9.85. The maximum absolute atomic E-state index is 13.4. The molecule has 0 radical (unpaired) electrons. The Labute approximate surface area is 171 Å². The van der Waals surface area contributed by atoms with Gasteiger partial charge < -0.3 is 9.80 Å². The van der Waals surface area contributed by atoms with E-state index in [0.29, 0.717) is 17.9 Å². The van der Waals surface area contributed by atoms with Crippen molar-refractivity contribution in [2.75, 3.05) is 0 Å². The van der Waals surface area contributed by atoms with Crippen LogP contribution in [0.5, 0.6) is 0 Å². The minimum absolute atomic E-state index is 0.0262. The lowest BCUT2D eigenvalue weighted by Gasteiger charge is -2.51. The fourth-order valence-electron chi connectivity index (χ4n) is 4.68. The van der Waals surface area contributed by atoms with Gasteiger partial charge in [-0.1, -0.05) is 53.6 Å². The lowest BCUT2D eigenvalue weighted by Crippen LogP contribution is -2.59. The molecule has 2 amide bonds. The average Bonchev–Trinajstić information content (AvgIpc) is 3.04. The fourth-order valence-corrected chi connectivity index (χ4v) is 4.81. The highest BCUT2D eigenvalue weighted by Crippen LogP contribution is 2.48. The van der Waals surface area contributed by atoms with Crippen LogP contribution in [0.4, 0.5) is 0 Å². The van der Waals surface area contributed by atoms with Gasteiger partial charge in [0.1, 0.15) is 6.04 Å². The zero-order valence-corrected chi connectivity index (χ0v) is 17.2. The van der Waals surface area contributed by atoms with Crippen LogP contribution in [0.15, 0.2) is 48.5 Å². The van der Waals surface area contributed by atoms with Crippen LogP contribution in [0.25, 0.3) is 0 Å². The number of benzene rings is 2. The van der Waals surface area contributed by atoms with Gasteiger partial charge in [-0.05, 0) is 50.5 Å². The van der Waals surface area contributed by atoms with Crippen molar-refractivity contribution < 1.29 is 9.59 Å². The molecule has 0 spiro atoms. The first-order valence-electron chi connectivity index (χ1n) is 9.84. The lowest BCUT2D eigenvalue weighted by molar-refractivity contribution is -0.159. The van der Waals surface area contributed by atoms with Gasteiger partial charge >= 0.3 is 0 Å². The molecule has 146 valence electrons. The van der Waals surface area contributed by atoms with Crippen LogP contribution in [-0.2, 0) is 9.59 Å². The quantitative estimate of drug-likeness (QED) is 0.756. The highest BCUT2D eigenvalue weighted by Gasteiger charge is 2.53. The molecule has 5 heteroatoms. The van der Waals surface area contributed by atoms with E-state index in [1.54, 1.807) is 0 Å². The summed E-state index contributed by atoms with van der Waals surface area (Å²) in [6.45, 7) is 6.14. The summed E-state index contributed by atoms with van der Waals surface area (Å²) in [7, 11) is 0. The molecule has 2 saturated heterocycles. The molecule has 3 unspecified atom stereocenters. The Morgan fingerprint density at radius 3 is 2.36 bits per heavy atom. The Morgan fingerprint density at radius 2 is 1.71 bits per heavy atom. The fraction of sp³-hybridized carbons (Fsp3) is 0.391. The second-order valence-corrected chi connectivity index (χ2v) is 8.49. The summed E-state index contributed by atoms with van der Waals surface area (Å²) in [5, 5.41) is 0.657. The van der Waals surface area contributed by atoms with Gasteiger partial charge in [0.15, 0.2) is 0 Å². The van der Waals surface area contributed by atoms with Crippen molar-refractivity contribution in [3.63, 3.8) is 0 Å². The molecule has 0 bridgehead atoms. The Balaban J connectivity index is 1.93. The number of amides is 2. The van der Waals surface area contributed by atoms with Gasteiger partial charge in [0.2, 0.25) is 11.8 Å².